The summed E-state index contributed by atoms with van der Waals surface area (Å²) in [7, 11) is 0. The molecule has 0 aliphatic rings. The third kappa shape index (κ3) is 2.15. The minimum Gasteiger partial charge on any atom is -0.340 e. The third-order valence-corrected chi connectivity index (χ3v) is 2.33. The molecule has 15 heavy (non-hydrogen) atoms. The van der Waals surface area contributed by atoms with E-state index in [0.717, 1.165) is 12.2 Å². The number of hydrogen-bond donors (Lipinski definition) is 0. The van der Waals surface area contributed by atoms with E-state index in [-0.39, 0.29) is 0 Å². The average molecular weight is 228 g/mol. The van der Waals surface area contributed by atoms with Gasteiger partial charge in [0.25, 0.3) is 0 Å². The Bertz CT molecular complexity index is 424. The summed E-state index contributed by atoms with van der Waals surface area (Å²) in [5.74, 6) is 1.45. The molecular formula is C8H10ClN5O. The van der Waals surface area contributed by atoms with E-state index in [1.54, 1.807) is 0 Å². The summed E-state index contributed by atoms with van der Waals surface area (Å²) in [6, 6.07) is 0. The van der Waals surface area contributed by atoms with E-state index in [1.165, 1.54) is 6.33 Å². The predicted octanol–water partition coefficient (Wildman–Crippen LogP) is 1.12. The summed E-state index contributed by atoms with van der Waals surface area (Å²) in [5.41, 5.74) is 0. The number of hydrogen-bond acceptors (Lipinski definition) is 5. The van der Waals surface area contributed by atoms with Crippen LogP contribution in [0.25, 0.3) is 0 Å². The largest absolute Gasteiger partial charge is 0.340 e. The van der Waals surface area contributed by atoms with E-state index in [1.807, 2.05) is 11.5 Å². The molecule has 0 amide bonds. The Labute approximate surface area is 91.3 Å². The molecular weight excluding hydrogens is 218 g/mol. The molecule has 0 radical (unpaired) electrons. The number of nitrogens with zero attached hydrogens (tertiary/aromatic N) is 5. The van der Waals surface area contributed by atoms with Crippen molar-refractivity contribution >= 4 is 11.6 Å². The molecule has 0 fully saturated rings. The molecule has 2 rings (SSSR count). The Morgan fingerprint density at radius 3 is 3.00 bits per heavy atom. The second-order valence-corrected chi connectivity index (χ2v) is 3.31. The quantitative estimate of drug-likeness (QED) is 0.783. The summed E-state index contributed by atoms with van der Waals surface area (Å²) in [5, 5.41) is 11.7. The van der Waals surface area contributed by atoms with E-state index in [4.69, 9.17) is 16.1 Å². The van der Waals surface area contributed by atoms with E-state index in [9.17, 15) is 0 Å². The van der Waals surface area contributed by atoms with Gasteiger partial charge in [0.2, 0.25) is 11.2 Å². The van der Waals surface area contributed by atoms with Crippen LogP contribution in [0.3, 0.4) is 0 Å². The third-order valence-electron chi connectivity index (χ3n) is 2.05. The molecule has 0 spiro atoms. The lowest BCUT2D eigenvalue weighted by Crippen LogP contribution is -2.06. The van der Waals surface area contributed by atoms with Crippen molar-refractivity contribution < 1.29 is 4.52 Å². The summed E-state index contributed by atoms with van der Waals surface area (Å²) >= 11 is 5.89. The Morgan fingerprint density at radius 2 is 2.33 bits per heavy atom. The first-order chi connectivity index (χ1) is 7.31. The average Bonchev–Trinajstić information content (AvgIpc) is 2.84. The van der Waals surface area contributed by atoms with Crippen molar-refractivity contribution in [1.29, 1.82) is 0 Å². The molecule has 2 aromatic rings. The molecule has 0 aromatic carbocycles. The summed E-state index contributed by atoms with van der Waals surface area (Å²) < 4.78 is 6.73. The number of aryl methyl sites for hydroxylation is 2. The van der Waals surface area contributed by atoms with Gasteiger partial charge in [-0.2, -0.15) is 4.98 Å². The van der Waals surface area contributed by atoms with Crippen molar-refractivity contribution in [3.8, 4) is 0 Å². The van der Waals surface area contributed by atoms with Crippen LogP contribution in [0.2, 0.25) is 5.28 Å². The van der Waals surface area contributed by atoms with Crippen LogP contribution in [0.1, 0.15) is 18.6 Å². The monoisotopic (exact) mass is 227 g/mol. The van der Waals surface area contributed by atoms with Crippen molar-refractivity contribution in [2.24, 2.45) is 0 Å². The van der Waals surface area contributed by atoms with E-state index in [2.05, 4.69) is 20.3 Å². The zero-order valence-electron chi connectivity index (χ0n) is 8.22. The lowest BCUT2D eigenvalue weighted by Gasteiger charge is -2.03. The van der Waals surface area contributed by atoms with Crippen LogP contribution in [0, 0.1) is 0 Å². The maximum atomic E-state index is 5.89. The molecule has 0 unspecified atom stereocenters. The normalized spacial score (nSPS) is 10.8. The first-order valence-electron chi connectivity index (χ1n) is 4.64. The van der Waals surface area contributed by atoms with Gasteiger partial charge in [-0.05, 0) is 11.6 Å². The summed E-state index contributed by atoms with van der Waals surface area (Å²) in [4.78, 5) is 3.93. The Kier molecular flexibility index (Phi) is 2.96. The van der Waals surface area contributed by atoms with Crippen LogP contribution < -0.4 is 0 Å². The minimum absolute atomic E-state index is 0.395. The van der Waals surface area contributed by atoms with Gasteiger partial charge in [0, 0.05) is 19.4 Å². The molecule has 0 saturated heterocycles. The van der Waals surface area contributed by atoms with Gasteiger partial charge < -0.3 is 9.09 Å². The maximum absolute atomic E-state index is 5.89. The highest BCUT2D eigenvalue weighted by molar-refractivity contribution is 6.28. The molecule has 0 aliphatic heterocycles. The summed E-state index contributed by atoms with van der Waals surface area (Å²) in [6.45, 7) is 2.65. The van der Waals surface area contributed by atoms with Crippen LogP contribution in [0.15, 0.2) is 10.9 Å². The first-order valence-corrected chi connectivity index (χ1v) is 5.02. The SMILES string of the molecule is CCc1nnc(Cl)n1CCc1ncno1. The Hall–Kier alpha value is -1.43. The van der Waals surface area contributed by atoms with Gasteiger partial charge >= 0.3 is 0 Å². The highest BCUT2D eigenvalue weighted by Gasteiger charge is 2.09. The highest BCUT2D eigenvalue weighted by atomic mass is 35.5. The summed E-state index contributed by atoms with van der Waals surface area (Å²) in [6.07, 6.45) is 2.80. The second kappa shape index (κ2) is 4.39. The minimum atomic E-state index is 0.395. The van der Waals surface area contributed by atoms with Crippen LogP contribution in [-0.2, 0) is 19.4 Å². The van der Waals surface area contributed by atoms with Gasteiger partial charge in [0.15, 0.2) is 6.33 Å². The van der Waals surface area contributed by atoms with Gasteiger partial charge in [0.05, 0.1) is 0 Å². The Morgan fingerprint density at radius 1 is 1.47 bits per heavy atom. The molecule has 0 saturated carbocycles. The highest BCUT2D eigenvalue weighted by Crippen LogP contribution is 2.09. The van der Waals surface area contributed by atoms with E-state index < -0.39 is 0 Å². The molecule has 6 nitrogen and oxygen atoms in total. The zero-order chi connectivity index (χ0) is 10.7. The molecule has 80 valence electrons. The molecule has 0 atom stereocenters. The fraction of sp³-hybridized carbons (Fsp3) is 0.500. The Balaban J connectivity index is 2.07. The number of aromatic nitrogens is 5. The van der Waals surface area contributed by atoms with Gasteiger partial charge in [-0.25, -0.2) is 0 Å². The number of halogens is 1. The molecule has 2 aromatic heterocycles. The second-order valence-electron chi connectivity index (χ2n) is 2.98. The van der Waals surface area contributed by atoms with Gasteiger partial charge in [0.1, 0.15) is 5.82 Å². The number of rotatable bonds is 4. The lowest BCUT2D eigenvalue weighted by atomic mass is 10.4. The van der Waals surface area contributed by atoms with Crippen LogP contribution >= 0.6 is 11.6 Å². The van der Waals surface area contributed by atoms with Crippen molar-refractivity contribution in [3.63, 3.8) is 0 Å². The molecule has 0 N–H and O–H groups in total. The topological polar surface area (TPSA) is 69.6 Å². The van der Waals surface area contributed by atoms with Crippen molar-refractivity contribution in [3.05, 3.63) is 23.3 Å². The van der Waals surface area contributed by atoms with Crippen molar-refractivity contribution in [2.75, 3.05) is 0 Å². The van der Waals surface area contributed by atoms with Crippen LogP contribution in [-0.4, -0.2) is 24.9 Å². The maximum Gasteiger partial charge on any atom is 0.228 e. The van der Waals surface area contributed by atoms with Crippen molar-refractivity contribution in [1.82, 2.24) is 24.9 Å². The molecule has 0 aliphatic carbocycles. The fourth-order valence-electron chi connectivity index (χ4n) is 1.31. The van der Waals surface area contributed by atoms with E-state index >= 15 is 0 Å². The van der Waals surface area contributed by atoms with Gasteiger partial charge in [-0.15, -0.1) is 10.2 Å². The standard InChI is InChI=1S/C8H10ClN5O/c1-2-6-12-13-8(9)14(6)4-3-7-10-5-11-15-7/h5H,2-4H2,1H3. The van der Waals surface area contributed by atoms with Gasteiger partial charge in [-0.3, -0.25) is 0 Å². The van der Waals surface area contributed by atoms with Crippen LogP contribution in [0.4, 0.5) is 0 Å². The van der Waals surface area contributed by atoms with Crippen molar-refractivity contribution in [2.45, 2.75) is 26.3 Å². The first kappa shape index (κ1) is 10.1. The fourth-order valence-corrected chi connectivity index (χ4v) is 1.53. The molecule has 2 heterocycles. The molecule has 0 bridgehead atoms. The van der Waals surface area contributed by atoms with E-state index in [0.29, 0.717) is 24.1 Å². The molecule has 7 heteroatoms. The lowest BCUT2D eigenvalue weighted by molar-refractivity contribution is 0.370. The smallest absolute Gasteiger partial charge is 0.228 e. The zero-order valence-corrected chi connectivity index (χ0v) is 8.98. The van der Waals surface area contributed by atoms with Crippen LogP contribution in [0.5, 0.6) is 0 Å². The van der Waals surface area contributed by atoms with Gasteiger partial charge in [-0.1, -0.05) is 12.1 Å². The predicted molar refractivity (Wildman–Crippen MR) is 52.4 cm³/mol.